The van der Waals surface area contributed by atoms with Crippen molar-refractivity contribution in [2.45, 2.75) is 36.7 Å². The minimum Gasteiger partial charge on any atom is -0.377 e. The van der Waals surface area contributed by atoms with Crippen LogP contribution in [0.3, 0.4) is 0 Å². The molecule has 0 aliphatic carbocycles. The van der Waals surface area contributed by atoms with Gasteiger partial charge in [-0.1, -0.05) is 0 Å². The number of rotatable bonds is 6. The zero-order chi connectivity index (χ0) is 21.4. The van der Waals surface area contributed by atoms with Crippen molar-refractivity contribution in [1.82, 2.24) is 10.1 Å². The normalized spacial score (nSPS) is 21.0. The van der Waals surface area contributed by atoms with Crippen LogP contribution in [-0.4, -0.2) is 79.9 Å². The van der Waals surface area contributed by atoms with E-state index in [1.54, 1.807) is 0 Å². The minimum absolute atomic E-state index is 0.144. The van der Waals surface area contributed by atoms with E-state index in [0.717, 1.165) is 0 Å². The van der Waals surface area contributed by atoms with Crippen molar-refractivity contribution >= 4 is 45.7 Å². The minimum atomic E-state index is -6.05. The van der Waals surface area contributed by atoms with Crippen molar-refractivity contribution in [2.75, 3.05) is 0 Å². The fourth-order valence-electron chi connectivity index (χ4n) is 2.12. The van der Waals surface area contributed by atoms with Crippen LogP contribution < -0.4 is 0 Å². The lowest BCUT2D eigenvalue weighted by molar-refractivity contribution is -0.220. The summed E-state index contributed by atoms with van der Waals surface area (Å²) < 4.78 is 32.0. The van der Waals surface area contributed by atoms with Gasteiger partial charge >= 0.3 is 27.0 Å². The molecule has 0 aromatic heterocycles. The number of carbonyl (C=O) groups excluding carboxylic acids is 6. The molecule has 2 saturated heterocycles. The van der Waals surface area contributed by atoms with Crippen LogP contribution in [0.15, 0.2) is 0 Å². The Balaban J connectivity index is 2.28. The monoisotopic (exact) mass is 424 g/mol. The van der Waals surface area contributed by atoms with Gasteiger partial charge in [0.1, 0.15) is 0 Å². The standard InChI is InChI=1S/C12H12N2O13S/c15-5-1-2-6(16)13(5)26-10(20)9(19)12(22,28(23,24)25)11(21)27-14-7(17)3-4-8(14)18/h9,19,22H,1-4H2,(H,23,24,25). The first-order chi connectivity index (χ1) is 12.8. The van der Waals surface area contributed by atoms with Gasteiger partial charge in [-0.05, 0) is 0 Å². The number of aliphatic hydroxyl groups excluding tert-OH is 1. The fraction of sp³-hybridized carbons (Fsp3) is 0.500. The zero-order valence-electron chi connectivity index (χ0n) is 13.6. The largest absolute Gasteiger partial charge is 0.386 e. The number of hydrogen-bond acceptors (Lipinski definition) is 12. The first-order valence-electron chi connectivity index (χ1n) is 7.34. The van der Waals surface area contributed by atoms with Crippen molar-refractivity contribution in [1.29, 1.82) is 0 Å². The molecule has 2 heterocycles. The molecule has 0 saturated carbocycles. The zero-order valence-corrected chi connectivity index (χ0v) is 14.4. The van der Waals surface area contributed by atoms with E-state index >= 15 is 0 Å². The number of amides is 4. The Morgan fingerprint density at radius 1 is 0.893 bits per heavy atom. The maximum absolute atomic E-state index is 12.0. The van der Waals surface area contributed by atoms with Crippen LogP contribution in [0.1, 0.15) is 25.7 Å². The molecule has 0 radical (unpaired) electrons. The maximum Gasteiger partial charge on any atom is 0.386 e. The average Bonchev–Trinajstić information content (AvgIpc) is 3.09. The maximum atomic E-state index is 12.0. The second-order valence-electron chi connectivity index (χ2n) is 5.53. The van der Waals surface area contributed by atoms with E-state index in [1.165, 1.54) is 0 Å². The smallest absolute Gasteiger partial charge is 0.377 e. The van der Waals surface area contributed by atoms with Gasteiger partial charge in [-0.3, -0.25) is 23.7 Å². The number of hydroxylamine groups is 4. The Labute approximate surface area is 155 Å². The molecule has 0 spiro atoms. The summed E-state index contributed by atoms with van der Waals surface area (Å²) in [5.74, 6) is -9.02. The number of nitrogens with zero attached hydrogens (tertiary/aromatic N) is 2. The molecule has 15 nitrogen and oxygen atoms in total. The van der Waals surface area contributed by atoms with Crippen molar-refractivity contribution in [3.05, 3.63) is 0 Å². The Morgan fingerprint density at radius 2 is 1.25 bits per heavy atom. The van der Waals surface area contributed by atoms with Crippen molar-refractivity contribution < 1.29 is 61.6 Å². The van der Waals surface area contributed by atoms with Gasteiger partial charge in [0, 0.05) is 25.7 Å². The van der Waals surface area contributed by atoms with Gasteiger partial charge in [-0.25, -0.2) is 9.59 Å². The molecule has 0 bridgehead atoms. The Bertz CT molecular complexity index is 848. The average molecular weight is 424 g/mol. The summed E-state index contributed by atoms with van der Waals surface area (Å²) >= 11 is 0. The van der Waals surface area contributed by atoms with Crippen LogP contribution in [0.2, 0.25) is 0 Å². The highest BCUT2D eigenvalue weighted by Gasteiger charge is 2.62. The van der Waals surface area contributed by atoms with Gasteiger partial charge in [0.25, 0.3) is 23.6 Å². The third-order valence-corrected chi connectivity index (χ3v) is 4.82. The molecular weight excluding hydrogens is 412 g/mol. The molecule has 0 aromatic carbocycles. The summed E-state index contributed by atoms with van der Waals surface area (Å²) in [5.41, 5.74) is 0. The second-order valence-corrected chi connectivity index (χ2v) is 7.10. The summed E-state index contributed by atoms with van der Waals surface area (Å²) in [5, 5.41) is 19.4. The molecular formula is C12H12N2O13S. The number of hydrogen-bond donors (Lipinski definition) is 3. The SMILES string of the molecule is O=C(ON1C(=O)CCC1=O)C(O)C(O)(C(=O)ON1C(=O)CCC1=O)S(=O)(=O)O. The van der Waals surface area contributed by atoms with Gasteiger partial charge < -0.3 is 19.9 Å². The van der Waals surface area contributed by atoms with Crippen LogP contribution in [0, 0.1) is 0 Å². The van der Waals surface area contributed by atoms with Crippen molar-refractivity contribution in [3.8, 4) is 0 Å². The summed E-state index contributed by atoms with van der Waals surface area (Å²) in [4.78, 5) is 73.2. The van der Waals surface area contributed by atoms with E-state index in [4.69, 9.17) is 4.55 Å². The van der Waals surface area contributed by atoms with E-state index in [1.807, 2.05) is 0 Å². The fourth-order valence-corrected chi connectivity index (χ4v) is 2.75. The highest BCUT2D eigenvalue weighted by molar-refractivity contribution is 7.88. The Hall–Kier alpha value is -2.95. The molecule has 2 fully saturated rings. The van der Waals surface area contributed by atoms with Crippen LogP contribution >= 0.6 is 0 Å². The van der Waals surface area contributed by atoms with Crippen molar-refractivity contribution in [3.63, 3.8) is 0 Å². The third-order valence-electron chi connectivity index (χ3n) is 3.65. The number of aliphatic hydroxyl groups is 2. The van der Waals surface area contributed by atoms with Gasteiger partial charge in [-0.2, -0.15) is 8.42 Å². The van der Waals surface area contributed by atoms with Gasteiger partial charge in [0.15, 0.2) is 0 Å². The molecule has 2 aliphatic heterocycles. The van der Waals surface area contributed by atoms with Crippen molar-refractivity contribution in [2.24, 2.45) is 0 Å². The topological polar surface area (TPSA) is 222 Å². The highest BCUT2D eigenvalue weighted by Crippen LogP contribution is 2.25. The number of imide groups is 2. The van der Waals surface area contributed by atoms with E-state index < -0.39 is 69.6 Å². The van der Waals surface area contributed by atoms with E-state index in [9.17, 15) is 47.4 Å². The van der Waals surface area contributed by atoms with E-state index in [0.29, 0.717) is 0 Å². The Morgan fingerprint density at radius 3 is 1.61 bits per heavy atom. The lowest BCUT2D eigenvalue weighted by atomic mass is 10.2. The van der Waals surface area contributed by atoms with Gasteiger partial charge in [0.05, 0.1) is 0 Å². The molecule has 2 atom stereocenters. The molecule has 2 unspecified atom stereocenters. The first-order valence-corrected chi connectivity index (χ1v) is 8.78. The molecule has 3 N–H and O–H groups in total. The highest BCUT2D eigenvalue weighted by atomic mass is 32.2. The summed E-state index contributed by atoms with van der Waals surface area (Å²) in [6.07, 6.45) is -5.01. The van der Waals surface area contributed by atoms with E-state index in [-0.39, 0.29) is 23.0 Å². The van der Waals surface area contributed by atoms with Crippen LogP contribution in [-0.2, 0) is 48.6 Å². The molecule has 0 aromatic rings. The molecule has 2 rings (SSSR count). The molecule has 2 aliphatic rings. The molecule has 4 amide bonds. The van der Waals surface area contributed by atoms with Crippen LogP contribution in [0.4, 0.5) is 0 Å². The predicted molar refractivity (Wildman–Crippen MR) is 76.9 cm³/mol. The quantitative estimate of drug-likeness (QED) is 0.274. The van der Waals surface area contributed by atoms with E-state index in [2.05, 4.69) is 9.68 Å². The summed E-state index contributed by atoms with van der Waals surface area (Å²) in [6, 6.07) is 0. The third kappa shape index (κ3) is 3.57. The Kier molecular flexibility index (Phi) is 5.51. The molecule has 154 valence electrons. The summed E-state index contributed by atoms with van der Waals surface area (Å²) in [7, 11) is -6.05. The van der Waals surface area contributed by atoms with Gasteiger partial charge in [-0.15, -0.1) is 10.1 Å². The second kappa shape index (κ2) is 7.23. The lowest BCUT2D eigenvalue weighted by Gasteiger charge is -2.27. The molecule has 28 heavy (non-hydrogen) atoms. The van der Waals surface area contributed by atoms with Gasteiger partial charge in [0.2, 0.25) is 6.10 Å². The van der Waals surface area contributed by atoms with Crippen LogP contribution in [0.25, 0.3) is 0 Å². The first kappa shape index (κ1) is 21.4. The lowest BCUT2D eigenvalue weighted by Crippen LogP contribution is -2.61. The number of carbonyl (C=O) groups is 6. The van der Waals surface area contributed by atoms with Crippen LogP contribution in [0.5, 0.6) is 0 Å². The summed E-state index contributed by atoms with van der Waals surface area (Å²) in [6.45, 7) is 0. The predicted octanol–water partition coefficient (Wildman–Crippen LogP) is -3.86. The molecule has 16 heteroatoms.